The summed E-state index contributed by atoms with van der Waals surface area (Å²) >= 11 is 1.43. The lowest BCUT2D eigenvalue weighted by Gasteiger charge is -2.33. The van der Waals surface area contributed by atoms with Crippen LogP contribution in [-0.4, -0.2) is 35.7 Å². The molecule has 3 aromatic carbocycles. The van der Waals surface area contributed by atoms with Crippen LogP contribution in [0.15, 0.2) is 82.6 Å². The average molecular weight is 512 g/mol. The molecule has 1 saturated heterocycles. The molecule has 5 rings (SSSR count). The third-order valence-corrected chi connectivity index (χ3v) is 7.96. The van der Waals surface area contributed by atoms with Crippen LogP contribution in [0.3, 0.4) is 0 Å². The largest absolute Gasteiger partial charge is 0.369 e. The number of carbonyl (C=O) groups is 3. The highest BCUT2D eigenvalue weighted by molar-refractivity contribution is 8.04. The molecular weight excluding hydrogens is 482 g/mol. The van der Waals surface area contributed by atoms with Crippen molar-refractivity contribution in [3.8, 4) is 0 Å². The number of carbonyl (C=O) groups excluding carboxylic acids is 3. The summed E-state index contributed by atoms with van der Waals surface area (Å²) in [5, 5.41) is 0. The first-order valence-electron chi connectivity index (χ1n) is 12.4. The van der Waals surface area contributed by atoms with Gasteiger partial charge in [-0.15, -0.1) is 0 Å². The van der Waals surface area contributed by atoms with Crippen LogP contribution in [0.5, 0.6) is 0 Å². The van der Waals surface area contributed by atoms with E-state index in [-0.39, 0.29) is 23.6 Å². The van der Waals surface area contributed by atoms with Crippen LogP contribution in [0.1, 0.15) is 39.9 Å². The summed E-state index contributed by atoms with van der Waals surface area (Å²) in [5.74, 6) is -0.664. The summed E-state index contributed by atoms with van der Waals surface area (Å²) in [6, 6.07) is 23.5. The van der Waals surface area contributed by atoms with Gasteiger partial charge in [-0.2, -0.15) is 0 Å². The van der Waals surface area contributed by atoms with Crippen molar-refractivity contribution in [2.45, 2.75) is 31.2 Å². The molecule has 0 bridgehead atoms. The molecule has 0 atom stereocenters. The molecule has 0 unspecified atom stereocenters. The number of rotatable bonds is 5. The number of nitrogens with two attached hydrogens (primary N) is 1. The number of hydrogen-bond acceptors (Lipinski definition) is 4. The molecule has 2 aliphatic rings. The van der Waals surface area contributed by atoms with Gasteiger partial charge in [0.2, 0.25) is 5.91 Å². The van der Waals surface area contributed by atoms with Crippen molar-refractivity contribution in [1.29, 1.82) is 0 Å². The number of hydrogen-bond donors (Lipinski definition) is 1. The van der Waals surface area contributed by atoms with E-state index < -0.39 is 0 Å². The quantitative estimate of drug-likeness (QED) is 0.488. The van der Waals surface area contributed by atoms with Crippen LogP contribution in [-0.2, 0) is 16.1 Å². The smallest absolute Gasteiger partial charge is 0.265 e. The second kappa shape index (κ2) is 10.6. The maximum atomic E-state index is 13.8. The molecule has 0 radical (unpaired) electrons. The SMILES string of the molecule is Cc1cccc(CN2C(=O)/C(=C/c3ccccc3)Sc3ccc(C(=O)N4CCC(C(N)=O)CC4)cc32)c1. The monoisotopic (exact) mass is 511 g/mol. The summed E-state index contributed by atoms with van der Waals surface area (Å²) in [6.07, 6.45) is 3.07. The highest BCUT2D eigenvalue weighted by atomic mass is 32.2. The Morgan fingerprint density at radius 2 is 1.76 bits per heavy atom. The molecule has 0 aromatic heterocycles. The lowest BCUT2D eigenvalue weighted by atomic mass is 9.96. The number of aryl methyl sites for hydroxylation is 1. The molecular formula is C30H29N3O3S. The Hall–Kier alpha value is -3.84. The summed E-state index contributed by atoms with van der Waals surface area (Å²) in [7, 11) is 0. The van der Waals surface area contributed by atoms with Gasteiger partial charge in [0, 0.05) is 29.5 Å². The van der Waals surface area contributed by atoms with Crippen LogP contribution < -0.4 is 10.6 Å². The number of amides is 3. The van der Waals surface area contributed by atoms with Gasteiger partial charge in [0.1, 0.15) is 0 Å². The minimum absolute atomic E-state index is 0.0882. The molecule has 37 heavy (non-hydrogen) atoms. The van der Waals surface area contributed by atoms with Gasteiger partial charge in [0.15, 0.2) is 0 Å². The number of benzene rings is 3. The molecule has 3 aromatic rings. The summed E-state index contributed by atoms with van der Waals surface area (Å²) in [6.45, 7) is 3.43. The van der Waals surface area contributed by atoms with E-state index in [1.54, 1.807) is 9.80 Å². The van der Waals surface area contributed by atoms with Crippen LogP contribution in [0.4, 0.5) is 5.69 Å². The molecule has 1 fully saturated rings. The second-order valence-electron chi connectivity index (χ2n) is 9.55. The van der Waals surface area contributed by atoms with E-state index in [0.29, 0.717) is 42.9 Å². The topological polar surface area (TPSA) is 83.7 Å². The van der Waals surface area contributed by atoms with E-state index in [9.17, 15) is 14.4 Å². The van der Waals surface area contributed by atoms with E-state index in [1.807, 2.05) is 79.7 Å². The van der Waals surface area contributed by atoms with Gasteiger partial charge in [0.05, 0.1) is 17.1 Å². The number of nitrogens with zero attached hydrogens (tertiary/aromatic N) is 2. The number of anilines is 1. The molecule has 2 N–H and O–H groups in total. The van der Waals surface area contributed by atoms with Crippen molar-refractivity contribution in [3.05, 3.63) is 100.0 Å². The lowest BCUT2D eigenvalue weighted by molar-refractivity contribution is -0.123. The molecule has 0 spiro atoms. The standard InChI is InChI=1S/C30H29N3O3S/c1-20-6-5-9-22(16-20)19-33-25-18-24(29(35)32-14-12-23(13-15-32)28(31)34)10-11-26(25)37-27(30(33)36)17-21-7-3-2-4-8-21/h2-11,16-18,23H,12-15,19H2,1H3,(H2,31,34)/b27-17-. The summed E-state index contributed by atoms with van der Waals surface area (Å²) < 4.78 is 0. The van der Waals surface area contributed by atoms with Gasteiger partial charge >= 0.3 is 0 Å². The zero-order valence-corrected chi connectivity index (χ0v) is 21.5. The third-order valence-electron chi connectivity index (χ3n) is 6.88. The van der Waals surface area contributed by atoms with Crippen molar-refractivity contribution in [2.75, 3.05) is 18.0 Å². The Bertz CT molecular complexity index is 1380. The molecule has 188 valence electrons. The third kappa shape index (κ3) is 5.47. The fourth-order valence-corrected chi connectivity index (χ4v) is 5.88. The molecule has 3 amide bonds. The predicted molar refractivity (Wildman–Crippen MR) is 147 cm³/mol. The number of likely N-dealkylation sites (tertiary alicyclic amines) is 1. The molecule has 7 heteroatoms. The van der Waals surface area contributed by atoms with E-state index in [0.717, 1.165) is 27.3 Å². The Morgan fingerprint density at radius 1 is 1.00 bits per heavy atom. The average Bonchev–Trinajstić information content (AvgIpc) is 2.91. The van der Waals surface area contributed by atoms with Crippen molar-refractivity contribution in [1.82, 2.24) is 4.90 Å². The van der Waals surface area contributed by atoms with Gasteiger partial charge in [-0.05, 0) is 55.2 Å². The predicted octanol–water partition coefficient (Wildman–Crippen LogP) is 5.01. The summed E-state index contributed by atoms with van der Waals surface area (Å²) in [5.41, 5.74) is 9.83. The fourth-order valence-electron chi connectivity index (χ4n) is 4.84. The summed E-state index contributed by atoms with van der Waals surface area (Å²) in [4.78, 5) is 43.7. The molecule has 0 saturated carbocycles. The van der Waals surface area contributed by atoms with Crippen molar-refractivity contribution in [3.63, 3.8) is 0 Å². The Kier molecular flexibility index (Phi) is 7.15. The number of primary amides is 1. The zero-order chi connectivity index (χ0) is 25.9. The van der Waals surface area contributed by atoms with Crippen LogP contribution in [0, 0.1) is 12.8 Å². The van der Waals surface area contributed by atoms with Crippen molar-refractivity contribution >= 4 is 41.2 Å². The number of fused-ring (bicyclic) bond motifs is 1. The first-order chi connectivity index (χ1) is 17.9. The molecule has 0 aliphatic carbocycles. The van der Waals surface area contributed by atoms with Crippen molar-refractivity contribution < 1.29 is 14.4 Å². The number of thioether (sulfide) groups is 1. The zero-order valence-electron chi connectivity index (χ0n) is 20.7. The maximum absolute atomic E-state index is 13.8. The Balaban J connectivity index is 1.48. The van der Waals surface area contributed by atoms with Crippen LogP contribution >= 0.6 is 11.8 Å². The second-order valence-corrected chi connectivity index (χ2v) is 10.6. The van der Waals surface area contributed by atoms with Crippen molar-refractivity contribution in [2.24, 2.45) is 11.7 Å². The fraction of sp³-hybridized carbons (Fsp3) is 0.233. The lowest BCUT2D eigenvalue weighted by Crippen LogP contribution is -2.41. The molecule has 2 aliphatic heterocycles. The van der Waals surface area contributed by atoms with E-state index >= 15 is 0 Å². The van der Waals surface area contributed by atoms with E-state index in [2.05, 4.69) is 6.07 Å². The minimum Gasteiger partial charge on any atom is -0.369 e. The van der Waals surface area contributed by atoms with Gasteiger partial charge in [-0.25, -0.2) is 0 Å². The van der Waals surface area contributed by atoms with Gasteiger partial charge in [-0.3, -0.25) is 14.4 Å². The van der Waals surface area contributed by atoms with Gasteiger partial charge in [0.25, 0.3) is 11.8 Å². The van der Waals surface area contributed by atoms with Crippen LogP contribution in [0.2, 0.25) is 0 Å². The Labute approximate surface area is 221 Å². The normalized spacial score (nSPS) is 17.1. The van der Waals surface area contributed by atoms with E-state index in [1.165, 1.54) is 11.8 Å². The molecule has 2 heterocycles. The van der Waals surface area contributed by atoms with Gasteiger partial charge in [-0.1, -0.05) is 71.9 Å². The molecule has 6 nitrogen and oxygen atoms in total. The maximum Gasteiger partial charge on any atom is 0.265 e. The first kappa shape index (κ1) is 24.8. The van der Waals surface area contributed by atoms with E-state index in [4.69, 9.17) is 5.73 Å². The minimum atomic E-state index is -0.303. The Morgan fingerprint density at radius 3 is 2.46 bits per heavy atom. The first-order valence-corrected chi connectivity index (χ1v) is 13.3. The van der Waals surface area contributed by atoms with Crippen LogP contribution in [0.25, 0.3) is 6.08 Å². The number of piperidine rings is 1. The van der Waals surface area contributed by atoms with Gasteiger partial charge < -0.3 is 15.5 Å². The highest BCUT2D eigenvalue weighted by Crippen LogP contribution is 2.43. The highest BCUT2D eigenvalue weighted by Gasteiger charge is 2.32.